The minimum atomic E-state index is 0.877. The molecule has 0 aliphatic rings. The fraction of sp³-hybridized carbons (Fsp3) is 0.700. The van der Waals surface area contributed by atoms with Crippen molar-refractivity contribution in [2.24, 2.45) is 0 Å². The zero-order valence-corrected chi connectivity index (χ0v) is 7.60. The lowest BCUT2D eigenvalue weighted by Crippen LogP contribution is -2.06. The Labute approximate surface area is 70.9 Å². The Bertz CT molecular complexity index is 86.9. The summed E-state index contributed by atoms with van der Waals surface area (Å²) in [5.41, 5.74) is 0. The molecule has 0 saturated carbocycles. The summed E-state index contributed by atoms with van der Waals surface area (Å²) in [6.45, 7) is 7.05. The van der Waals surface area contributed by atoms with Crippen molar-refractivity contribution in [2.45, 2.75) is 39.0 Å². The molecule has 1 nitrogen and oxygen atoms in total. The third-order valence-electron chi connectivity index (χ3n) is 1.58. The molecule has 0 atom stereocenters. The Morgan fingerprint density at radius 1 is 1.27 bits per heavy atom. The first-order valence-electron chi connectivity index (χ1n) is 4.59. The highest BCUT2D eigenvalue weighted by atomic mass is 14.8. The maximum Gasteiger partial charge on any atom is 0.0141 e. The van der Waals surface area contributed by atoms with Gasteiger partial charge in [-0.25, -0.2) is 0 Å². The van der Waals surface area contributed by atoms with Crippen molar-refractivity contribution in [2.75, 3.05) is 6.54 Å². The molecule has 0 fully saturated rings. The van der Waals surface area contributed by atoms with Crippen molar-refractivity contribution in [1.29, 1.82) is 0 Å². The van der Waals surface area contributed by atoms with Gasteiger partial charge in [-0.05, 0) is 26.0 Å². The molecule has 0 spiro atoms. The van der Waals surface area contributed by atoms with Crippen LogP contribution in [0.15, 0.2) is 12.3 Å². The Balaban J connectivity index is 2.85. The Hall–Kier alpha value is -0.460. The monoisotopic (exact) mass is 154 g/mol. The van der Waals surface area contributed by atoms with Gasteiger partial charge < -0.3 is 5.32 Å². The van der Waals surface area contributed by atoms with E-state index >= 15 is 0 Å². The lowest BCUT2D eigenvalue weighted by atomic mass is 10.2. The predicted molar refractivity (Wildman–Crippen MR) is 51.3 cm³/mol. The molecule has 0 bridgehead atoms. The van der Waals surface area contributed by atoms with Gasteiger partial charge in [0, 0.05) is 6.54 Å². The number of nitrogens with one attached hydrogen (secondary N) is 1. The maximum absolute atomic E-state index is 3.71. The molecular weight excluding hydrogens is 134 g/mol. The van der Waals surface area contributed by atoms with Gasteiger partial charge >= 0.3 is 0 Å². The van der Waals surface area contributed by atoms with Crippen molar-refractivity contribution in [1.82, 2.24) is 5.32 Å². The molecule has 1 N–H and O–H groups in total. The highest BCUT2D eigenvalue weighted by molar-refractivity contribution is 4.79. The summed E-state index contributed by atoms with van der Waals surface area (Å²) in [5, 5.41) is 3.22. The van der Waals surface area contributed by atoms with Gasteiger partial charge in [0.25, 0.3) is 0 Å². The molecule has 0 aliphatic heterocycles. The average Bonchev–Trinajstić information content (AvgIpc) is 2.03. The SMILES string of the molecule is [CH2]C/C=C/NCCCCCC. The second-order valence-corrected chi connectivity index (χ2v) is 2.71. The molecule has 0 rings (SSSR count). The molecule has 1 heteroatoms. The topological polar surface area (TPSA) is 12.0 Å². The summed E-state index contributed by atoms with van der Waals surface area (Å²) in [7, 11) is 0. The van der Waals surface area contributed by atoms with E-state index in [-0.39, 0.29) is 0 Å². The summed E-state index contributed by atoms with van der Waals surface area (Å²) in [4.78, 5) is 0. The van der Waals surface area contributed by atoms with Crippen LogP contribution >= 0.6 is 0 Å². The molecule has 65 valence electrons. The van der Waals surface area contributed by atoms with E-state index in [0.717, 1.165) is 13.0 Å². The zero-order valence-electron chi connectivity index (χ0n) is 7.60. The van der Waals surface area contributed by atoms with Gasteiger partial charge in [0.2, 0.25) is 0 Å². The van der Waals surface area contributed by atoms with E-state index in [2.05, 4.69) is 19.2 Å². The van der Waals surface area contributed by atoms with Crippen molar-refractivity contribution in [3.8, 4) is 0 Å². The Kier molecular flexibility index (Phi) is 9.14. The second kappa shape index (κ2) is 9.54. The Morgan fingerprint density at radius 3 is 2.73 bits per heavy atom. The largest absolute Gasteiger partial charge is 0.391 e. The van der Waals surface area contributed by atoms with Crippen LogP contribution in [0.3, 0.4) is 0 Å². The number of allylic oxidation sites excluding steroid dienone is 1. The van der Waals surface area contributed by atoms with Gasteiger partial charge in [-0.2, -0.15) is 0 Å². The molecule has 0 aromatic heterocycles. The average molecular weight is 154 g/mol. The van der Waals surface area contributed by atoms with Crippen LogP contribution in [0.25, 0.3) is 0 Å². The fourth-order valence-corrected chi connectivity index (χ4v) is 0.904. The molecule has 0 amide bonds. The molecular formula is C10H20N. The summed E-state index contributed by atoms with van der Waals surface area (Å²) in [6.07, 6.45) is 10.2. The van der Waals surface area contributed by atoms with E-state index in [4.69, 9.17) is 0 Å². The molecule has 0 aromatic carbocycles. The van der Waals surface area contributed by atoms with Crippen molar-refractivity contribution >= 4 is 0 Å². The second-order valence-electron chi connectivity index (χ2n) is 2.71. The molecule has 0 heterocycles. The first-order chi connectivity index (χ1) is 5.41. The van der Waals surface area contributed by atoms with Gasteiger partial charge in [0.15, 0.2) is 0 Å². The highest BCUT2D eigenvalue weighted by Crippen LogP contribution is 1.96. The number of hydrogen-bond acceptors (Lipinski definition) is 1. The molecule has 0 aromatic rings. The van der Waals surface area contributed by atoms with Gasteiger partial charge in [-0.3, -0.25) is 0 Å². The third-order valence-corrected chi connectivity index (χ3v) is 1.58. The normalized spacial score (nSPS) is 10.7. The molecule has 11 heavy (non-hydrogen) atoms. The van der Waals surface area contributed by atoms with E-state index in [9.17, 15) is 0 Å². The summed E-state index contributed by atoms with van der Waals surface area (Å²) in [6, 6.07) is 0. The third kappa shape index (κ3) is 9.54. The zero-order chi connectivity index (χ0) is 8.36. The van der Waals surface area contributed by atoms with E-state index in [1.165, 1.54) is 25.7 Å². The van der Waals surface area contributed by atoms with Crippen LogP contribution in [0.1, 0.15) is 39.0 Å². The lowest BCUT2D eigenvalue weighted by Gasteiger charge is -1.98. The van der Waals surface area contributed by atoms with Crippen LogP contribution in [-0.4, -0.2) is 6.54 Å². The van der Waals surface area contributed by atoms with Gasteiger partial charge in [-0.15, -0.1) is 0 Å². The van der Waals surface area contributed by atoms with E-state index < -0.39 is 0 Å². The molecule has 0 aliphatic carbocycles. The van der Waals surface area contributed by atoms with Gasteiger partial charge in [-0.1, -0.05) is 32.3 Å². The number of rotatable bonds is 7. The molecule has 0 unspecified atom stereocenters. The minimum absolute atomic E-state index is 0.877. The van der Waals surface area contributed by atoms with Crippen LogP contribution in [0.4, 0.5) is 0 Å². The van der Waals surface area contributed by atoms with E-state index in [1.54, 1.807) is 0 Å². The Morgan fingerprint density at radius 2 is 2.09 bits per heavy atom. The van der Waals surface area contributed by atoms with Crippen molar-refractivity contribution in [3.05, 3.63) is 19.2 Å². The van der Waals surface area contributed by atoms with Gasteiger partial charge in [0.05, 0.1) is 0 Å². The highest BCUT2D eigenvalue weighted by Gasteiger charge is 1.83. The van der Waals surface area contributed by atoms with Crippen molar-refractivity contribution in [3.63, 3.8) is 0 Å². The summed E-state index contributed by atoms with van der Waals surface area (Å²) < 4.78 is 0. The smallest absolute Gasteiger partial charge is 0.0141 e. The first-order valence-corrected chi connectivity index (χ1v) is 4.59. The molecule has 0 saturated heterocycles. The maximum atomic E-state index is 3.71. The van der Waals surface area contributed by atoms with Gasteiger partial charge in [0.1, 0.15) is 0 Å². The predicted octanol–water partition coefficient (Wildman–Crippen LogP) is 2.89. The van der Waals surface area contributed by atoms with Crippen molar-refractivity contribution < 1.29 is 0 Å². The lowest BCUT2D eigenvalue weighted by molar-refractivity contribution is 0.645. The van der Waals surface area contributed by atoms with Crippen LogP contribution in [0.5, 0.6) is 0 Å². The van der Waals surface area contributed by atoms with Crippen LogP contribution in [0, 0.1) is 6.92 Å². The summed E-state index contributed by atoms with van der Waals surface area (Å²) >= 11 is 0. The van der Waals surface area contributed by atoms with E-state index in [0.29, 0.717) is 0 Å². The standard InChI is InChI=1S/C10H20N/c1-3-5-7-8-10-11-9-6-4-2/h6,9,11H,2-5,7-8,10H2,1H3/b9-6+. The van der Waals surface area contributed by atoms with Crippen LogP contribution in [-0.2, 0) is 0 Å². The van der Waals surface area contributed by atoms with Crippen LogP contribution in [0.2, 0.25) is 0 Å². The minimum Gasteiger partial charge on any atom is -0.391 e. The first kappa shape index (κ1) is 10.5. The quantitative estimate of drug-likeness (QED) is 0.556. The van der Waals surface area contributed by atoms with Crippen LogP contribution < -0.4 is 5.32 Å². The van der Waals surface area contributed by atoms with E-state index in [1.807, 2.05) is 12.3 Å². The number of hydrogen-bond donors (Lipinski definition) is 1. The summed E-state index contributed by atoms with van der Waals surface area (Å²) in [5.74, 6) is 0. The number of unbranched alkanes of at least 4 members (excludes halogenated alkanes) is 3. The molecule has 1 radical (unpaired) electrons. The fourth-order valence-electron chi connectivity index (χ4n) is 0.904.